The third-order valence-corrected chi connectivity index (χ3v) is 5.21. The Labute approximate surface area is 157 Å². The van der Waals surface area contributed by atoms with Gasteiger partial charge in [0.25, 0.3) is 0 Å². The number of amidine groups is 1. The number of thioether (sulfide) groups is 1. The SMILES string of the molecule is CC1=C(C(=O)OC(C)C)C(c2ccc(N(C)C)cc2)N2C(=O)CSC2=N1. The van der Waals surface area contributed by atoms with Gasteiger partial charge < -0.3 is 9.64 Å². The molecule has 1 saturated heterocycles. The Hall–Kier alpha value is -2.28. The van der Waals surface area contributed by atoms with E-state index in [0.29, 0.717) is 22.2 Å². The van der Waals surface area contributed by atoms with Crippen molar-refractivity contribution in [2.45, 2.75) is 32.9 Å². The summed E-state index contributed by atoms with van der Waals surface area (Å²) in [4.78, 5) is 33.4. The Morgan fingerprint density at radius 2 is 1.96 bits per heavy atom. The molecule has 6 nitrogen and oxygen atoms in total. The summed E-state index contributed by atoms with van der Waals surface area (Å²) in [6.07, 6.45) is -0.242. The van der Waals surface area contributed by atoms with Gasteiger partial charge in [0.15, 0.2) is 5.17 Å². The van der Waals surface area contributed by atoms with E-state index in [4.69, 9.17) is 4.74 Å². The summed E-state index contributed by atoms with van der Waals surface area (Å²) < 4.78 is 5.44. The summed E-state index contributed by atoms with van der Waals surface area (Å²) >= 11 is 1.40. The van der Waals surface area contributed by atoms with Crippen LogP contribution in [-0.4, -0.2) is 47.9 Å². The van der Waals surface area contributed by atoms with Crippen molar-refractivity contribution < 1.29 is 14.3 Å². The molecule has 1 aromatic rings. The summed E-state index contributed by atoms with van der Waals surface area (Å²) in [5.41, 5.74) is 2.95. The summed E-state index contributed by atoms with van der Waals surface area (Å²) in [6.45, 7) is 5.41. The minimum atomic E-state index is -0.507. The first-order chi connectivity index (χ1) is 12.3. The first kappa shape index (κ1) is 18.5. The van der Waals surface area contributed by atoms with Gasteiger partial charge in [-0.1, -0.05) is 23.9 Å². The Morgan fingerprint density at radius 3 is 2.54 bits per heavy atom. The lowest BCUT2D eigenvalue weighted by molar-refractivity contribution is -0.143. The predicted octanol–water partition coefficient (Wildman–Crippen LogP) is 2.96. The minimum Gasteiger partial charge on any atom is -0.459 e. The van der Waals surface area contributed by atoms with Crippen molar-refractivity contribution in [3.8, 4) is 0 Å². The zero-order chi connectivity index (χ0) is 19.0. The van der Waals surface area contributed by atoms with E-state index in [9.17, 15) is 9.59 Å². The molecule has 0 radical (unpaired) electrons. The highest BCUT2D eigenvalue weighted by atomic mass is 32.2. The molecule has 138 valence electrons. The average Bonchev–Trinajstić information content (AvgIpc) is 2.93. The van der Waals surface area contributed by atoms with Gasteiger partial charge in [-0.3, -0.25) is 9.69 Å². The van der Waals surface area contributed by atoms with Crippen LogP contribution >= 0.6 is 11.8 Å². The van der Waals surface area contributed by atoms with Crippen molar-refractivity contribution in [1.29, 1.82) is 0 Å². The maximum Gasteiger partial charge on any atom is 0.338 e. The van der Waals surface area contributed by atoms with Crippen LogP contribution in [0.5, 0.6) is 0 Å². The molecule has 1 aromatic carbocycles. The van der Waals surface area contributed by atoms with E-state index in [1.54, 1.807) is 11.8 Å². The van der Waals surface area contributed by atoms with E-state index < -0.39 is 12.0 Å². The third kappa shape index (κ3) is 3.35. The van der Waals surface area contributed by atoms with Crippen LogP contribution in [0.25, 0.3) is 0 Å². The maximum absolute atomic E-state index is 12.8. The van der Waals surface area contributed by atoms with Crippen molar-refractivity contribution in [3.63, 3.8) is 0 Å². The second-order valence-corrected chi connectivity index (χ2v) is 7.73. The van der Waals surface area contributed by atoms with E-state index in [2.05, 4.69) is 4.99 Å². The summed E-state index contributed by atoms with van der Waals surface area (Å²) in [7, 11) is 3.94. The molecule has 1 atom stereocenters. The number of carbonyl (C=O) groups is 2. The highest BCUT2D eigenvalue weighted by Crippen LogP contribution is 2.41. The molecule has 26 heavy (non-hydrogen) atoms. The summed E-state index contributed by atoms with van der Waals surface area (Å²) in [5.74, 6) is -0.130. The van der Waals surface area contributed by atoms with Crippen LogP contribution in [-0.2, 0) is 14.3 Å². The van der Waals surface area contributed by atoms with Crippen LogP contribution in [0.15, 0.2) is 40.5 Å². The topological polar surface area (TPSA) is 62.2 Å². The predicted molar refractivity (Wildman–Crippen MR) is 104 cm³/mol. The van der Waals surface area contributed by atoms with Gasteiger partial charge in [0.2, 0.25) is 5.91 Å². The molecule has 1 fully saturated rings. The molecule has 0 spiro atoms. The van der Waals surface area contributed by atoms with Crippen molar-refractivity contribution in [2.24, 2.45) is 4.99 Å². The van der Waals surface area contributed by atoms with E-state index >= 15 is 0 Å². The van der Waals surface area contributed by atoms with E-state index in [1.165, 1.54) is 11.8 Å². The van der Waals surface area contributed by atoms with E-state index in [0.717, 1.165) is 11.3 Å². The van der Waals surface area contributed by atoms with Gasteiger partial charge in [0.05, 0.1) is 29.2 Å². The van der Waals surface area contributed by atoms with E-state index in [1.807, 2.05) is 57.1 Å². The number of rotatable bonds is 4. The van der Waals surface area contributed by atoms with Gasteiger partial charge in [-0.25, -0.2) is 9.79 Å². The van der Waals surface area contributed by atoms with Gasteiger partial charge >= 0.3 is 5.97 Å². The van der Waals surface area contributed by atoms with Crippen LogP contribution in [0, 0.1) is 0 Å². The van der Waals surface area contributed by atoms with Gasteiger partial charge in [-0.15, -0.1) is 0 Å². The normalized spacial score (nSPS) is 19.6. The quantitative estimate of drug-likeness (QED) is 0.760. The molecule has 0 N–H and O–H groups in total. The number of anilines is 1. The van der Waals surface area contributed by atoms with Gasteiger partial charge in [-0.2, -0.15) is 0 Å². The molecule has 2 aliphatic rings. The fourth-order valence-corrected chi connectivity index (χ4v) is 3.99. The molecule has 2 heterocycles. The number of fused-ring (bicyclic) bond motifs is 1. The zero-order valence-corrected chi connectivity index (χ0v) is 16.5. The lowest BCUT2D eigenvalue weighted by Crippen LogP contribution is -2.40. The average molecular weight is 373 g/mol. The molecule has 1 amide bonds. The van der Waals surface area contributed by atoms with Crippen LogP contribution < -0.4 is 4.90 Å². The number of allylic oxidation sites excluding steroid dienone is 1. The second kappa shape index (κ2) is 7.15. The van der Waals surface area contributed by atoms with Gasteiger partial charge in [0.1, 0.15) is 0 Å². The molecule has 3 rings (SSSR count). The molecule has 0 saturated carbocycles. The molecular weight excluding hydrogens is 350 g/mol. The summed E-state index contributed by atoms with van der Waals surface area (Å²) in [6, 6.07) is 7.36. The third-order valence-electron chi connectivity index (χ3n) is 4.27. The molecule has 2 aliphatic heterocycles. The number of carbonyl (C=O) groups excluding carboxylic acids is 2. The Bertz CT molecular complexity index is 797. The number of ether oxygens (including phenoxy) is 1. The number of aliphatic imine (C=N–C) groups is 1. The molecule has 7 heteroatoms. The number of hydrogen-bond acceptors (Lipinski definition) is 6. The Kier molecular flexibility index (Phi) is 5.09. The number of nitrogens with zero attached hydrogens (tertiary/aromatic N) is 3. The Balaban J connectivity index is 2.08. The number of esters is 1. The maximum atomic E-state index is 12.8. The number of hydrogen-bond donors (Lipinski definition) is 0. The fourth-order valence-electron chi connectivity index (χ4n) is 3.05. The van der Waals surface area contributed by atoms with Crippen molar-refractivity contribution in [2.75, 3.05) is 24.7 Å². The highest BCUT2D eigenvalue weighted by molar-refractivity contribution is 8.15. The van der Waals surface area contributed by atoms with Crippen LogP contribution in [0.2, 0.25) is 0 Å². The molecular formula is C19H23N3O3S. The van der Waals surface area contributed by atoms with Crippen LogP contribution in [0.4, 0.5) is 5.69 Å². The first-order valence-corrected chi connectivity index (χ1v) is 9.50. The lowest BCUT2D eigenvalue weighted by Gasteiger charge is -2.33. The minimum absolute atomic E-state index is 0.0437. The smallest absolute Gasteiger partial charge is 0.338 e. The monoisotopic (exact) mass is 373 g/mol. The van der Waals surface area contributed by atoms with Crippen LogP contribution in [0.3, 0.4) is 0 Å². The zero-order valence-electron chi connectivity index (χ0n) is 15.6. The first-order valence-electron chi connectivity index (χ1n) is 8.52. The largest absolute Gasteiger partial charge is 0.459 e. The van der Waals surface area contributed by atoms with Crippen molar-refractivity contribution in [3.05, 3.63) is 41.1 Å². The lowest BCUT2D eigenvalue weighted by atomic mass is 9.94. The van der Waals surface area contributed by atoms with Crippen molar-refractivity contribution >= 4 is 34.5 Å². The highest BCUT2D eigenvalue weighted by Gasteiger charge is 2.43. The molecule has 0 aliphatic carbocycles. The molecule has 1 unspecified atom stereocenters. The van der Waals surface area contributed by atoms with Gasteiger partial charge in [-0.05, 0) is 38.5 Å². The second-order valence-electron chi connectivity index (χ2n) is 6.79. The van der Waals surface area contributed by atoms with Gasteiger partial charge in [0, 0.05) is 19.8 Å². The number of amides is 1. The number of benzene rings is 1. The fraction of sp³-hybridized carbons (Fsp3) is 0.421. The van der Waals surface area contributed by atoms with Crippen LogP contribution in [0.1, 0.15) is 32.4 Å². The molecule has 0 bridgehead atoms. The summed E-state index contributed by atoms with van der Waals surface area (Å²) in [5, 5.41) is 0.648. The Morgan fingerprint density at radius 1 is 1.31 bits per heavy atom. The van der Waals surface area contributed by atoms with E-state index in [-0.39, 0.29) is 12.0 Å². The standard InChI is InChI=1S/C19H23N3O3S/c1-11(2)25-18(24)16-12(3)20-19-22(15(23)10-26-19)17(16)13-6-8-14(9-7-13)21(4)5/h6-9,11,17H,10H2,1-5H3. The van der Waals surface area contributed by atoms with Crippen molar-refractivity contribution in [1.82, 2.24) is 4.90 Å². The molecule has 0 aromatic heterocycles.